The molecule has 2 aromatic rings. The van der Waals surface area contributed by atoms with E-state index in [-0.39, 0.29) is 6.42 Å². The summed E-state index contributed by atoms with van der Waals surface area (Å²) >= 11 is 5.88. The van der Waals surface area contributed by atoms with Crippen LogP contribution in [0.4, 0.5) is 5.82 Å². The predicted octanol–water partition coefficient (Wildman–Crippen LogP) is 3.52. The third-order valence-electron chi connectivity index (χ3n) is 3.10. The third kappa shape index (κ3) is 4.76. The molecule has 4 nitrogen and oxygen atoms in total. The molecular weight excluding hydrogens is 288 g/mol. The van der Waals surface area contributed by atoms with Crippen molar-refractivity contribution in [1.82, 2.24) is 4.98 Å². The van der Waals surface area contributed by atoms with Gasteiger partial charge in [-0.2, -0.15) is 0 Å². The Bertz CT molecular complexity index is 597. The number of nitrogens with zero attached hydrogens (tertiary/aromatic N) is 2. The van der Waals surface area contributed by atoms with Crippen molar-refractivity contribution in [1.29, 1.82) is 0 Å². The van der Waals surface area contributed by atoms with Gasteiger partial charge < -0.3 is 10.0 Å². The number of pyridine rings is 1. The average molecular weight is 305 g/mol. The lowest BCUT2D eigenvalue weighted by Gasteiger charge is -2.23. The van der Waals surface area contributed by atoms with E-state index >= 15 is 0 Å². The number of anilines is 1. The molecule has 2 rings (SSSR count). The van der Waals surface area contributed by atoms with Crippen LogP contribution in [0.15, 0.2) is 42.6 Å². The number of carboxylic acid groups (broad SMARTS) is 1. The lowest BCUT2D eigenvalue weighted by molar-refractivity contribution is -0.136. The van der Waals surface area contributed by atoms with Crippen molar-refractivity contribution < 1.29 is 9.90 Å². The minimum atomic E-state index is -0.816. The Morgan fingerprint density at radius 2 is 1.95 bits per heavy atom. The summed E-state index contributed by atoms with van der Waals surface area (Å²) in [5.41, 5.74) is 2.13. The highest BCUT2D eigenvalue weighted by Gasteiger charge is 2.10. The van der Waals surface area contributed by atoms with Gasteiger partial charge in [0.15, 0.2) is 0 Å². The maximum Gasteiger partial charge on any atom is 0.305 e. The van der Waals surface area contributed by atoms with Crippen molar-refractivity contribution in [2.24, 2.45) is 0 Å². The van der Waals surface area contributed by atoms with Gasteiger partial charge in [-0.1, -0.05) is 29.8 Å². The molecule has 0 aliphatic heterocycles. The van der Waals surface area contributed by atoms with Gasteiger partial charge in [0.1, 0.15) is 5.82 Å². The lowest BCUT2D eigenvalue weighted by Crippen LogP contribution is -2.26. The number of aryl methyl sites for hydroxylation is 1. The molecule has 0 unspecified atom stereocenters. The van der Waals surface area contributed by atoms with Crippen LogP contribution in [0.2, 0.25) is 5.02 Å². The highest BCUT2D eigenvalue weighted by molar-refractivity contribution is 6.30. The highest BCUT2D eigenvalue weighted by atomic mass is 35.5. The zero-order chi connectivity index (χ0) is 15.2. The summed E-state index contributed by atoms with van der Waals surface area (Å²) in [4.78, 5) is 17.2. The minimum absolute atomic E-state index is 0.0726. The van der Waals surface area contributed by atoms with E-state index in [0.717, 1.165) is 16.9 Å². The molecule has 21 heavy (non-hydrogen) atoms. The fourth-order valence-corrected chi connectivity index (χ4v) is 2.09. The fourth-order valence-electron chi connectivity index (χ4n) is 1.96. The number of benzene rings is 1. The van der Waals surface area contributed by atoms with E-state index in [1.54, 1.807) is 6.20 Å². The SMILES string of the molecule is Cc1ccc(N(CCC(=O)O)Cc2ccc(Cl)cc2)nc1. The first kappa shape index (κ1) is 15.3. The van der Waals surface area contributed by atoms with Crippen LogP contribution in [-0.4, -0.2) is 22.6 Å². The van der Waals surface area contributed by atoms with E-state index in [4.69, 9.17) is 16.7 Å². The van der Waals surface area contributed by atoms with Crippen molar-refractivity contribution in [3.05, 3.63) is 58.7 Å². The molecule has 0 saturated heterocycles. The summed E-state index contributed by atoms with van der Waals surface area (Å²) in [5, 5.41) is 9.58. The van der Waals surface area contributed by atoms with E-state index in [1.807, 2.05) is 48.2 Å². The molecule has 0 radical (unpaired) electrons. The second-order valence-electron chi connectivity index (χ2n) is 4.89. The molecule has 1 aromatic carbocycles. The molecule has 0 saturated carbocycles. The Kier molecular flexibility index (Phi) is 5.17. The predicted molar refractivity (Wildman–Crippen MR) is 83.7 cm³/mol. The average Bonchev–Trinajstić information content (AvgIpc) is 2.46. The third-order valence-corrected chi connectivity index (χ3v) is 3.35. The monoisotopic (exact) mass is 304 g/mol. The lowest BCUT2D eigenvalue weighted by atomic mass is 10.2. The number of carbonyl (C=O) groups is 1. The van der Waals surface area contributed by atoms with Crippen molar-refractivity contribution >= 4 is 23.4 Å². The topological polar surface area (TPSA) is 53.4 Å². The molecule has 0 atom stereocenters. The van der Waals surface area contributed by atoms with Crippen LogP contribution in [0, 0.1) is 6.92 Å². The van der Waals surface area contributed by atoms with Crippen LogP contribution >= 0.6 is 11.6 Å². The van der Waals surface area contributed by atoms with Crippen LogP contribution in [0.1, 0.15) is 17.5 Å². The zero-order valence-corrected chi connectivity index (χ0v) is 12.5. The van der Waals surface area contributed by atoms with Gasteiger partial charge in [-0.3, -0.25) is 4.79 Å². The molecule has 1 N–H and O–H groups in total. The van der Waals surface area contributed by atoms with Gasteiger partial charge in [0, 0.05) is 24.3 Å². The fraction of sp³-hybridized carbons (Fsp3) is 0.250. The van der Waals surface area contributed by atoms with E-state index in [2.05, 4.69) is 4.98 Å². The number of carboxylic acids is 1. The Morgan fingerprint density at radius 3 is 2.52 bits per heavy atom. The van der Waals surface area contributed by atoms with Gasteiger partial charge in [-0.15, -0.1) is 0 Å². The molecule has 0 aliphatic carbocycles. The van der Waals surface area contributed by atoms with Gasteiger partial charge in [-0.05, 0) is 36.2 Å². The maximum absolute atomic E-state index is 10.8. The van der Waals surface area contributed by atoms with E-state index in [1.165, 1.54) is 0 Å². The highest BCUT2D eigenvalue weighted by Crippen LogP contribution is 2.17. The normalized spacial score (nSPS) is 10.4. The Balaban J connectivity index is 2.16. The van der Waals surface area contributed by atoms with Gasteiger partial charge in [0.2, 0.25) is 0 Å². The molecular formula is C16H17ClN2O2. The maximum atomic E-state index is 10.8. The molecule has 1 heterocycles. The summed E-state index contributed by atoms with van der Waals surface area (Å²) in [7, 11) is 0. The van der Waals surface area contributed by atoms with Crippen LogP contribution < -0.4 is 4.90 Å². The number of hydrogen-bond donors (Lipinski definition) is 1. The summed E-state index contributed by atoms with van der Waals surface area (Å²) < 4.78 is 0. The molecule has 0 bridgehead atoms. The summed E-state index contributed by atoms with van der Waals surface area (Å²) in [6.07, 6.45) is 1.86. The Labute approximate surface area is 129 Å². The standard InChI is InChI=1S/C16H17ClN2O2/c1-12-2-7-15(18-10-12)19(9-8-16(20)21)11-13-3-5-14(17)6-4-13/h2-7,10H,8-9,11H2,1H3,(H,20,21). The van der Waals surface area contributed by atoms with Crippen molar-refractivity contribution in [2.75, 3.05) is 11.4 Å². The minimum Gasteiger partial charge on any atom is -0.481 e. The number of aliphatic carboxylic acids is 1. The van der Waals surface area contributed by atoms with Crippen molar-refractivity contribution in [3.63, 3.8) is 0 Å². The van der Waals surface area contributed by atoms with Gasteiger partial charge in [-0.25, -0.2) is 4.98 Å². The van der Waals surface area contributed by atoms with Crippen molar-refractivity contribution in [3.8, 4) is 0 Å². The van der Waals surface area contributed by atoms with E-state index < -0.39 is 5.97 Å². The second kappa shape index (κ2) is 7.09. The van der Waals surface area contributed by atoms with Crippen LogP contribution in [0.3, 0.4) is 0 Å². The quantitative estimate of drug-likeness (QED) is 0.887. The summed E-state index contributed by atoms with van der Waals surface area (Å²) in [6, 6.07) is 11.4. The first-order chi connectivity index (χ1) is 10.0. The molecule has 110 valence electrons. The number of aromatic nitrogens is 1. The number of rotatable bonds is 6. The summed E-state index contributed by atoms with van der Waals surface area (Å²) in [6.45, 7) is 2.98. The molecule has 0 amide bonds. The Morgan fingerprint density at radius 1 is 1.24 bits per heavy atom. The van der Waals surface area contributed by atoms with Crippen molar-refractivity contribution in [2.45, 2.75) is 19.9 Å². The largest absolute Gasteiger partial charge is 0.481 e. The van der Waals surface area contributed by atoms with Crippen LogP contribution in [0.5, 0.6) is 0 Å². The smallest absolute Gasteiger partial charge is 0.305 e. The number of halogens is 1. The second-order valence-corrected chi connectivity index (χ2v) is 5.32. The van der Waals surface area contributed by atoms with Gasteiger partial charge in [0.25, 0.3) is 0 Å². The zero-order valence-electron chi connectivity index (χ0n) is 11.8. The first-order valence-corrected chi connectivity index (χ1v) is 7.06. The molecule has 0 spiro atoms. The Hall–Kier alpha value is -2.07. The van der Waals surface area contributed by atoms with E-state index in [9.17, 15) is 4.79 Å². The summed E-state index contributed by atoms with van der Waals surface area (Å²) in [5.74, 6) is -0.0417. The molecule has 0 aliphatic rings. The van der Waals surface area contributed by atoms with Gasteiger partial charge >= 0.3 is 5.97 Å². The molecule has 1 aromatic heterocycles. The first-order valence-electron chi connectivity index (χ1n) is 6.68. The van der Waals surface area contributed by atoms with Crippen LogP contribution in [0.25, 0.3) is 0 Å². The number of hydrogen-bond acceptors (Lipinski definition) is 3. The molecule has 5 heteroatoms. The van der Waals surface area contributed by atoms with Crippen LogP contribution in [-0.2, 0) is 11.3 Å². The van der Waals surface area contributed by atoms with Gasteiger partial charge in [0.05, 0.1) is 6.42 Å². The van der Waals surface area contributed by atoms with E-state index in [0.29, 0.717) is 18.1 Å². The molecule has 0 fully saturated rings.